The van der Waals surface area contributed by atoms with E-state index in [9.17, 15) is 4.79 Å². The van der Waals surface area contributed by atoms with Gasteiger partial charge in [0, 0.05) is 17.5 Å². The molecule has 0 saturated heterocycles. The lowest BCUT2D eigenvalue weighted by atomic mass is 10.3. The van der Waals surface area contributed by atoms with Crippen LogP contribution >= 0.6 is 11.8 Å². The highest BCUT2D eigenvalue weighted by atomic mass is 32.2. The maximum Gasteiger partial charge on any atom is 0.247 e. The van der Waals surface area contributed by atoms with Gasteiger partial charge in [0.15, 0.2) is 0 Å². The molecule has 1 amide bonds. The highest BCUT2D eigenvalue weighted by Crippen LogP contribution is 2.19. The van der Waals surface area contributed by atoms with Crippen LogP contribution in [-0.2, 0) is 4.79 Å². The average molecular weight is 207 g/mol. The lowest BCUT2D eigenvalue weighted by Gasteiger charge is -1.99. The van der Waals surface area contributed by atoms with E-state index >= 15 is 0 Å². The van der Waals surface area contributed by atoms with Crippen LogP contribution < -0.4 is 5.32 Å². The lowest BCUT2D eigenvalue weighted by Crippen LogP contribution is -2.18. The van der Waals surface area contributed by atoms with E-state index in [2.05, 4.69) is 5.32 Å². The van der Waals surface area contributed by atoms with E-state index in [0.29, 0.717) is 0 Å². The predicted octanol–water partition coefficient (Wildman–Crippen LogP) is 2.43. The van der Waals surface area contributed by atoms with Gasteiger partial charge in [-0.3, -0.25) is 4.79 Å². The van der Waals surface area contributed by atoms with Crippen LogP contribution in [0.4, 0.5) is 0 Å². The van der Waals surface area contributed by atoms with E-state index in [4.69, 9.17) is 0 Å². The molecule has 0 aliphatic heterocycles. The molecule has 0 saturated carbocycles. The van der Waals surface area contributed by atoms with Crippen molar-refractivity contribution in [1.82, 2.24) is 5.32 Å². The molecule has 0 aromatic heterocycles. The van der Waals surface area contributed by atoms with Gasteiger partial charge in [-0.05, 0) is 24.5 Å². The molecule has 0 bridgehead atoms. The molecule has 0 heterocycles. The van der Waals surface area contributed by atoms with E-state index in [-0.39, 0.29) is 5.91 Å². The zero-order valence-corrected chi connectivity index (χ0v) is 9.10. The number of carbonyl (C=O) groups excluding carboxylic acids is 1. The smallest absolute Gasteiger partial charge is 0.247 e. The number of rotatable bonds is 3. The molecule has 0 aliphatic carbocycles. The fourth-order valence-corrected chi connectivity index (χ4v) is 1.64. The molecule has 2 nitrogen and oxygen atoms in total. The summed E-state index contributed by atoms with van der Waals surface area (Å²) in [4.78, 5) is 12.3. The zero-order valence-electron chi connectivity index (χ0n) is 8.28. The number of likely N-dealkylation sites (N-methyl/N-ethyl adjacent to an activating group) is 1. The maximum atomic E-state index is 11.1. The second-order valence-corrected chi connectivity index (χ2v) is 3.75. The summed E-state index contributed by atoms with van der Waals surface area (Å²) in [6, 6.07) is 9.95. The first-order valence-corrected chi connectivity index (χ1v) is 5.22. The second kappa shape index (κ2) is 5.50. The summed E-state index contributed by atoms with van der Waals surface area (Å²) in [7, 11) is 1.63. The Bertz CT molecular complexity index is 332. The van der Waals surface area contributed by atoms with Crippen molar-refractivity contribution in [3.8, 4) is 0 Å². The first kappa shape index (κ1) is 10.9. The summed E-state index contributed by atoms with van der Waals surface area (Å²) in [6.45, 7) is 1.80. The van der Waals surface area contributed by atoms with Gasteiger partial charge in [-0.1, -0.05) is 30.0 Å². The van der Waals surface area contributed by atoms with Gasteiger partial charge in [0.05, 0.1) is 0 Å². The first-order chi connectivity index (χ1) is 6.74. The standard InChI is InChI=1S/C11H13NOS/c1-9(11(13)12-2)8-14-10-6-4-3-5-7-10/h3-8H,1-2H3,(H,12,13)/b9-8+. The largest absolute Gasteiger partial charge is 0.355 e. The van der Waals surface area contributed by atoms with Gasteiger partial charge in [-0.15, -0.1) is 0 Å². The van der Waals surface area contributed by atoms with Crippen LogP contribution in [0, 0.1) is 0 Å². The van der Waals surface area contributed by atoms with E-state index in [0.717, 1.165) is 10.5 Å². The van der Waals surface area contributed by atoms with Crippen molar-refractivity contribution in [3.05, 3.63) is 41.3 Å². The van der Waals surface area contributed by atoms with E-state index < -0.39 is 0 Å². The number of hydrogen-bond acceptors (Lipinski definition) is 2. The number of thioether (sulfide) groups is 1. The average Bonchev–Trinajstić information content (AvgIpc) is 2.26. The number of hydrogen-bond donors (Lipinski definition) is 1. The summed E-state index contributed by atoms with van der Waals surface area (Å²) in [5.74, 6) is -0.0339. The third-order valence-corrected chi connectivity index (χ3v) is 2.72. The molecule has 3 heteroatoms. The number of amides is 1. The van der Waals surface area contributed by atoms with Crippen LogP contribution in [0.25, 0.3) is 0 Å². The Morgan fingerprint density at radius 2 is 2.00 bits per heavy atom. The van der Waals surface area contributed by atoms with Crippen molar-refractivity contribution in [3.63, 3.8) is 0 Å². The van der Waals surface area contributed by atoms with Gasteiger partial charge in [0.25, 0.3) is 0 Å². The molecule has 0 fully saturated rings. The molecule has 1 rings (SSSR count). The molecule has 0 aliphatic rings. The molecule has 74 valence electrons. The van der Waals surface area contributed by atoms with E-state index in [1.165, 1.54) is 0 Å². The number of benzene rings is 1. The van der Waals surface area contributed by atoms with Crippen molar-refractivity contribution in [1.29, 1.82) is 0 Å². The SMILES string of the molecule is CNC(=O)/C(C)=C/Sc1ccccc1. The summed E-state index contributed by atoms with van der Waals surface area (Å²) in [5.41, 5.74) is 0.723. The van der Waals surface area contributed by atoms with Crippen LogP contribution in [0.3, 0.4) is 0 Å². The van der Waals surface area contributed by atoms with Gasteiger partial charge in [0.2, 0.25) is 5.91 Å². The lowest BCUT2D eigenvalue weighted by molar-refractivity contribution is -0.116. The molecule has 0 atom stereocenters. The highest BCUT2D eigenvalue weighted by molar-refractivity contribution is 8.02. The molecule has 0 radical (unpaired) electrons. The Balaban J connectivity index is 2.59. The maximum absolute atomic E-state index is 11.1. The fourth-order valence-electron chi connectivity index (χ4n) is 0.906. The van der Waals surface area contributed by atoms with Crippen LogP contribution in [0.15, 0.2) is 46.2 Å². The summed E-state index contributed by atoms with van der Waals surface area (Å²) < 4.78 is 0. The Morgan fingerprint density at radius 3 is 2.57 bits per heavy atom. The molecule has 0 spiro atoms. The first-order valence-electron chi connectivity index (χ1n) is 4.34. The molecular weight excluding hydrogens is 194 g/mol. The minimum Gasteiger partial charge on any atom is -0.355 e. The van der Waals surface area contributed by atoms with Crippen molar-refractivity contribution in [2.45, 2.75) is 11.8 Å². The highest BCUT2D eigenvalue weighted by Gasteiger charge is 1.99. The Hall–Kier alpha value is -1.22. The monoisotopic (exact) mass is 207 g/mol. The molecule has 1 aromatic rings. The van der Waals surface area contributed by atoms with Crippen LogP contribution in [0.5, 0.6) is 0 Å². The minimum absolute atomic E-state index is 0.0339. The van der Waals surface area contributed by atoms with E-state index in [1.54, 1.807) is 25.7 Å². The molecule has 14 heavy (non-hydrogen) atoms. The van der Waals surface area contributed by atoms with Gasteiger partial charge in [-0.25, -0.2) is 0 Å². The van der Waals surface area contributed by atoms with Crippen molar-refractivity contribution >= 4 is 17.7 Å². The van der Waals surface area contributed by atoms with Crippen LogP contribution in [0.1, 0.15) is 6.92 Å². The number of carbonyl (C=O) groups is 1. The van der Waals surface area contributed by atoms with Crippen molar-refractivity contribution < 1.29 is 4.79 Å². The van der Waals surface area contributed by atoms with Gasteiger partial charge < -0.3 is 5.32 Å². The van der Waals surface area contributed by atoms with Crippen LogP contribution in [-0.4, -0.2) is 13.0 Å². The Kier molecular flexibility index (Phi) is 4.26. The topological polar surface area (TPSA) is 29.1 Å². The van der Waals surface area contributed by atoms with Crippen molar-refractivity contribution in [2.75, 3.05) is 7.05 Å². The normalized spacial score (nSPS) is 11.1. The number of nitrogens with one attached hydrogen (secondary N) is 1. The molecule has 1 N–H and O–H groups in total. The van der Waals surface area contributed by atoms with Gasteiger partial charge >= 0.3 is 0 Å². The Morgan fingerprint density at radius 1 is 1.36 bits per heavy atom. The molecule has 1 aromatic carbocycles. The zero-order chi connectivity index (χ0) is 10.4. The summed E-state index contributed by atoms with van der Waals surface area (Å²) in [6.07, 6.45) is 0. The second-order valence-electron chi connectivity index (χ2n) is 2.81. The van der Waals surface area contributed by atoms with Crippen molar-refractivity contribution in [2.24, 2.45) is 0 Å². The molecule has 0 unspecified atom stereocenters. The quantitative estimate of drug-likeness (QED) is 0.609. The third-order valence-electron chi connectivity index (χ3n) is 1.70. The van der Waals surface area contributed by atoms with Gasteiger partial charge in [-0.2, -0.15) is 0 Å². The van der Waals surface area contributed by atoms with Crippen LogP contribution in [0.2, 0.25) is 0 Å². The van der Waals surface area contributed by atoms with E-state index in [1.807, 2.05) is 35.7 Å². The fraction of sp³-hybridized carbons (Fsp3) is 0.182. The summed E-state index contributed by atoms with van der Waals surface area (Å²) >= 11 is 1.55. The third kappa shape index (κ3) is 3.26. The Labute approximate surface area is 88.4 Å². The molecular formula is C11H13NOS. The van der Waals surface area contributed by atoms with Gasteiger partial charge in [0.1, 0.15) is 0 Å². The summed E-state index contributed by atoms with van der Waals surface area (Å²) in [5, 5.41) is 4.44. The predicted molar refractivity (Wildman–Crippen MR) is 60.1 cm³/mol. The minimum atomic E-state index is -0.0339.